The maximum Gasteiger partial charge on any atom is 0.293 e. The Kier molecular flexibility index (Phi) is 2.62. The molecule has 16 heavy (non-hydrogen) atoms. The van der Waals surface area contributed by atoms with Crippen LogP contribution >= 0.6 is 11.6 Å². The van der Waals surface area contributed by atoms with Crippen LogP contribution in [0.5, 0.6) is 0 Å². The van der Waals surface area contributed by atoms with Crippen molar-refractivity contribution >= 4 is 17.3 Å². The molecule has 0 atom stereocenters. The lowest BCUT2D eigenvalue weighted by Gasteiger charge is -2.06. The first kappa shape index (κ1) is 10.6. The Balaban J connectivity index is 2.67. The molecule has 1 aromatic carbocycles. The van der Waals surface area contributed by atoms with Crippen LogP contribution in [0.3, 0.4) is 0 Å². The monoisotopic (exact) mass is 237 g/mol. The highest BCUT2D eigenvalue weighted by molar-refractivity contribution is 6.30. The van der Waals surface area contributed by atoms with Gasteiger partial charge in [0.25, 0.3) is 5.69 Å². The fourth-order valence-electron chi connectivity index (χ4n) is 1.48. The highest BCUT2D eigenvalue weighted by Crippen LogP contribution is 2.26. The molecule has 0 aliphatic heterocycles. The Labute approximate surface area is 96.4 Å². The smallest absolute Gasteiger partial charge is 0.293 e. The van der Waals surface area contributed by atoms with Crippen LogP contribution in [0.2, 0.25) is 5.02 Å². The predicted molar refractivity (Wildman–Crippen MR) is 60.0 cm³/mol. The Morgan fingerprint density at radius 2 is 2.25 bits per heavy atom. The largest absolute Gasteiger partial charge is 0.298 e. The van der Waals surface area contributed by atoms with Gasteiger partial charge in [-0.3, -0.25) is 14.7 Å². The molecule has 0 amide bonds. The van der Waals surface area contributed by atoms with E-state index in [1.807, 2.05) is 0 Å². The summed E-state index contributed by atoms with van der Waals surface area (Å²) in [6.07, 6.45) is 3.24. The van der Waals surface area contributed by atoms with Gasteiger partial charge < -0.3 is 0 Å². The third-order valence-electron chi connectivity index (χ3n) is 2.22. The number of benzene rings is 1. The van der Waals surface area contributed by atoms with E-state index < -0.39 is 4.92 Å². The van der Waals surface area contributed by atoms with E-state index in [1.165, 1.54) is 12.1 Å². The molecule has 0 unspecified atom stereocenters. The molecule has 0 aliphatic rings. The number of nitro groups is 1. The van der Waals surface area contributed by atoms with Crippen LogP contribution in [-0.2, 0) is 0 Å². The summed E-state index contributed by atoms with van der Waals surface area (Å²) in [5, 5.41) is 11.3. The van der Waals surface area contributed by atoms with Gasteiger partial charge in [-0.1, -0.05) is 11.6 Å². The lowest BCUT2D eigenvalue weighted by Crippen LogP contribution is -2.00. The van der Waals surface area contributed by atoms with Crippen molar-refractivity contribution in [3.8, 4) is 5.69 Å². The van der Waals surface area contributed by atoms with Crippen molar-refractivity contribution in [1.29, 1.82) is 0 Å². The van der Waals surface area contributed by atoms with Gasteiger partial charge in [-0.15, -0.1) is 0 Å². The van der Waals surface area contributed by atoms with Crippen molar-refractivity contribution in [2.75, 3.05) is 0 Å². The molecule has 0 fully saturated rings. The predicted octanol–water partition coefficient (Wildman–Crippen LogP) is 2.74. The van der Waals surface area contributed by atoms with E-state index in [9.17, 15) is 10.1 Å². The van der Waals surface area contributed by atoms with Crippen molar-refractivity contribution < 1.29 is 4.92 Å². The first-order valence-corrected chi connectivity index (χ1v) is 4.91. The Hall–Kier alpha value is -1.88. The summed E-state index contributed by atoms with van der Waals surface area (Å²) >= 11 is 5.83. The zero-order chi connectivity index (χ0) is 11.7. The number of aromatic nitrogens is 2. The second-order valence-corrected chi connectivity index (χ2v) is 3.67. The molecular formula is C10H8ClN3O2. The molecule has 1 heterocycles. The van der Waals surface area contributed by atoms with Crippen molar-refractivity contribution in [2.24, 2.45) is 0 Å². The van der Waals surface area contributed by atoms with Crippen LogP contribution in [0.4, 0.5) is 5.69 Å². The van der Waals surface area contributed by atoms with Gasteiger partial charge in [0.15, 0.2) is 0 Å². The van der Waals surface area contributed by atoms with Gasteiger partial charge in [-0.2, -0.15) is 0 Å². The van der Waals surface area contributed by atoms with E-state index in [2.05, 4.69) is 4.98 Å². The molecule has 6 heteroatoms. The van der Waals surface area contributed by atoms with Gasteiger partial charge in [0.2, 0.25) is 0 Å². The van der Waals surface area contributed by atoms with Crippen LogP contribution in [0, 0.1) is 17.0 Å². The summed E-state index contributed by atoms with van der Waals surface area (Å²) in [6.45, 7) is 1.77. The summed E-state index contributed by atoms with van der Waals surface area (Å²) in [5.41, 5.74) is 0.429. The zero-order valence-corrected chi connectivity index (χ0v) is 9.18. The molecule has 0 spiro atoms. The minimum absolute atomic E-state index is 0.00509. The second-order valence-electron chi connectivity index (χ2n) is 3.23. The van der Waals surface area contributed by atoms with E-state index in [4.69, 9.17) is 11.6 Å². The molecule has 0 aliphatic carbocycles. The first-order valence-electron chi connectivity index (χ1n) is 4.54. The molecule has 82 valence electrons. The second kappa shape index (κ2) is 3.94. The molecular weight excluding hydrogens is 230 g/mol. The van der Waals surface area contributed by atoms with Gasteiger partial charge in [0.05, 0.1) is 4.92 Å². The van der Waals surface area contributed by atoms with Crippen LogP contribution in [0.15, 0.2) is 30.6 Å². The van der Waals surface area contributed by atoms with Crippen LogP contribution in [0.1, 0.15) is 5.82 Å². The van der Waals surface area contributed by atoms with Crippen LogP contribution < -0.4 is 0 Å². The van der Waals surface area contributed by atoms with E-state index in [0.29, 0.717) is 16.5 Å². The number of nitrogens with zero attached hydrogens (tertiary/aromatic N) is 3. The Bertz CT molecular complexity index is 551. The van der Waals surface area contributed by atoms with Gasteiger partial charge in [-0.25, -0.2) is 4.98 Å². The van der Waals surface area contributed by atoms with E-state index >= 15 is 0 Å². The van der Waals surface area contributed by atoms with Crippen molar-refractivity contribution in [3.63, 3.8) is 0 Å². The number of nitro benzene ring substituents is 1. The summed E-state index contributed by atoms with van der Waals surface area (Å²) in [5.74, 6) is 0.672. The minimum atomic E-state index is -0.439. The molecule has 0 bridgehead atoms. The standard InChI is InChI=1S/C10H8ClN3O2/c1-7-12-4-5-13(7)10-6-8(11)2-3-9(10)14(15)16/h2-6H,1H3. The third kappa shape index (κ3) is 1.77. The molecule has 2 aromatic rings. The zero-order valence-electron chi connectivity index (χ0n) is 8.42. The molecule has 0 saturated carbocycles. The quantitative estimate of drug-likeness (QED) is 0.596. The van der Waals surface area contributed by atoms with Gasteiger partial charge in [-0.05, 0) is 19.1 Å². The Morgan fingerprint density at radius 1 is 1.50 bits per heavy atom. The summed E-state index contributed by atoms with van der Waals surface area (Å²) in [6, 6.07) is 4.43. The van der Waals surface area contributed by atoms with Gasteiger partial charge >= 0.3 is 0 Å². The minimum Gasteiger partial charge on any atom is -0.298 e. The molecule has 0 radical (unpaired) electrons. The van der Waals surface area contributed by atoms with Crippen molar-refractivity contribution in [3.05, 3.63) is 51.6 Å². The summed E-state index contributed by atoms with van der Waals surface area (Å²) < 4.78 is 1.63. The molecule has 2 rings (SSSR count). The number of imidazole rings is 1. The SMILES string of the molecule is Cc1nccn1-c1cc(Cl)ccc1[N+](=O)[O-]. The topological polar surface area (TPSA) is 61.0 Å². The highest BCUT2D eigenvalue weighted by Gasteiger charge is 2.16. The molecule has 0 N–H and O–H groups in total. The van der Waals surface area contributed by atoms with E-state index in [-0.39, 0.29) is 5.69 Å². The first-order chi connectivity index (χ1) is 7.59. The molecule has 0 saturated heterocycles. The highest BCUT2D eigenvalue weighted by atomic mass is 35.5. The van der Waals surface area contributed by atoms with Gasteiger partial charge in [0.1, 0.15) is 11.5 Å². The number of halogens is 1. The third-order valence-corrected chi connectivity index (χ3v) is 2.45. The van der Waals surface area contributed by atoms with E-state index in [0.717, 1.165) is 0 Å². The lowest BCUT2D eigenvalue weighted by atomic mass is 10.2. The lowest BCUT2D eigenvalue weighted by molar-refractivity contribution is -0.384. The fraction of sp³-hybridized carbons (Fsp3) is 0.100. The van der Waals surface area contributed by atoms with E-state index in [1.54, 1.807) is 30.0 Å². The van der Waals surface area contributed by atoms with Crippen molar-refractivity contribution in [2.45, 2.75) is 6.92 Å². The normalized spacial score (nSPS) is 10.4. The summed E-state index contributed by atoms with van der Waals surface area (Å²) in [4.78, 5) is 14.4. The van der Waals surface area contributed by atoms with Crippen molar-refractivity contribution in [1.82, 2.24) is 9.55 Å². The molecule has 1 aromatic heterocycles. The average molecular weight is 238 g/mol. The summed E-state index contributed by atoms with van der Waals surface area (Å²) in [7, 11) is 0. The number of hydrogen-bond acceptors (Lipinski definition) is 3. The maximum absolute atomic E-state index is 10.9. The number of aryl methyl sites for hydroxylation is 1. The maximum atomic E-state index is 10.9. The fourth-order valence-corrected chi connectivity index (χ4v) is 1.64. The number of hydrogen-bond donors (Lipinski definition) is 0. The molecule has 5 nitrogen and oxygen atoms in total. The van der Waals surface area contributed by atoms with Gasteiger partial charge in [0, 0.05) is 23.5 Å². The Morgan fingerprint density at radius 3 is 2.81 bits per heavy atom. The van der Waals surface area contributed by atoms with Crippen LogP contribution in [-0.4, -0.2) is 14.5 Å². The number of rotatable bonds is 2. The van der Waals surface area contributed by atoms with Crippen LogP contribution in [0.25, 0.3) is 5.69 Å². The average Bonchev–Trinajstić information content (AvgIpc) is 2.63.